The summed E-state index contributed by atoms with van der Waals surface area (Å²) < 4.78 is 11.1. The minimum absolute atomic E-state index is 0.257. The Hall–Kier alpha value is -2.80. The average molecular weight is 351 g/mol. The van der Waals surface area contributed by atoms with Gasteiger partial charge in [-0.2, -0.15) is 0 Å². The molecule has 1 aromatic carbocycles. The topological polar surface area (TPSA) is 77.2 Å². The lowest BCUT2D eigenvalue weighted by Gasteiger charge is -2.15. The van der Waals surface area contributed by atoms with E-state index in [-0.39, 0.29) is 5.92 Å². The number of hydrogen-bond acceptors (Lipinski definition) is 7. The first-order valence-electron chi connectivity index (χ1n) is 8.69. The van der Waals surface area contributed by atoms with Crippen LogP contribution in [0.5, 0.6) is 5.75 Å². The van der Waals surface area contributed by atoms with E-state index in [0.717, 1.165) is 37.5 Å². The highest BCUT2D eigenvalue weighted by molar-refractivity contribution is 5.43. The summed E-state index contributed by atoms with van der Waals surface area (Å²) in [5, 5.41) is 8.37. The number of benzene rings is 1. The first-order valence-corrected chi connectivity index (χ1v) is 8.69. The lowest BCUT2D eigenvalue weighted by molar-refractivity contribution is 0.320. The molecular formula is C19H21N5O2. The van der Waals surface area contributed by atoms with Crippen molar-refractivity contribution in [1.82, 2.24) is 25.1 Å². The van der Waals surface area contributed by atoms with Gasteiger partial charge in [-0.25, -0.2) is 4.98 Å². The van der Waals surface area contributed by atoms with Gasteiger partial charge in [0.2, 0.25) is 5.89 Å². The summed E-state index contributed by atoms with van der Waals surface area (Å²) in [5.74, 6) is 2.25. The van der Waals surface area contributed by atoms with E-state index in [4.69, 9.17) is 9.15 Å². The Morgan fingerprint density at radius 1 is 1.15 bits per heavy atom. The van der Waals surface area contributed by atoms with Crippen LogP contribution < -0.4 is 4.74 Å². The maximum atomic E-state index is 5.85. The normalized spacial score (nSPS) is 17.5. The number of ether oxygens (including phenoxy) is 1. The van der Waals surface area contributed by atoms with Gasteiger partial charge in [-0.05, 0) is 37.6 Å². The molecule has 7 heteroatoms. The molecule has 4 rings (SSSR count). The molecule has 0 radical (unpaired) electrons. The van der Waals surface area contributed by atoms with E-state index in [1.807, 2.05) is 19.1 Å². The van der Waals surface area contributed by atoms with Gasteiger partial charge in [-0.15, -0.1) is 10.2 Å². The number of nitrogens with zero attached hydrogens (tertiary/aromatic N) is 5. The Morgan fingerprint density at radius 2 is 2.00 bits per heavy atom. The van der Waals surface area contributed by atoms with Crippen molar-refractivity contribution in [3.05, 3.63) is 53.8 Å². The van der Waals surface area contributed by atoms with Gasteiger partial charge in [0.25, 0.3) is 5.89 Å². The molecule has 3 aromatic rings. The number of aryl methyl sites for hydroxylation is 1. The molecule has 1 aliphatic heterocycles. The van der Waals surface area contributed by atoms with Crippen LogP contribution in [0, 0.1) is 6.92 Å². The van der Waals surface area contributed by atoms with Crippen LogP contribution in [0.3, 0.4) is 0 Å². The number of hydrogen-bond donors (Lipinski definition) is 0. The average Bonchev–Trinajstić information content (AvgIpc) is 3.32. The molecule has 0 aliphatic carbocycles. The van der Waals surface area contributed by atoms with Gasteiger partial charge in [-0.1, -0.05) is 12.1 Å². The second-order valence-corrected chi connectivity index (χ2v) is 6.56. The molecule has 1 aliphatic rings. The fourth-order valence-corrected chi connectivity index (χ4v) is 3.17. The predicted molar refractivity (Wildman–Crippen MR) is 95.7 cm³/mol. The number of methoxy groups -OCH3 is 1. The van der Waals surface area contributed by atoms with Crippen LogP contribution in [0.25, 0.3) is 11.6 Å². The summed E-state index contributed by atoms with van der Waals surface area (Å²) in [5.41, 5.74) is 2.74. The van der Waals surface area contributed by atoms with E-state index in [2.05, 4.69) is 37.2 Å². The molecule has 0 unspecified atom stereocenters. The molecule has 0 amide bonds. The zero-order chi connectivity index (χ0) is 17.9. The number of aromatic nitrogens is 4. The highest BCUT2D eigenvalue weighted by atomic mass is 16.5. The lowest BCUT2D eigenvalue weighted by atomic mass is 10.1. The first kappa shape index (κ1) is 16.7. The van der Waals surface area contributed by atoms with Gasteiger partial charge >= 0.3 is 0 Å². The Labute approximate surface area is 152 Å². The Morgan fingerprint density at radius 3 is 2.73 bits per heavy atom. The highest BCUT2D eigenvalue weighted by Gasteiger charge is 2.28. The Kier molecular flexibility index (Phi) is 4.62. The van der Waals surface area contributed by atoms with E-state index in [9.17, 15) is 0 Å². The summed E-state index contributed by atoms with van der Waals surface area (Å²) in [4.78, 5) is 10.9. The number of rotatable bonds is 5. The molecular weight excluding hydrogens is 330 g/mol. The smallest absolute Gasteiger partial charge is 0.267 e. The zero-order valence-corrected chi connectivity index (χ0v) is 14.9. The summed E-state index contributed by atoms with van der Waals surface area (Å²) >= 11 is 0. The Bertz CT molecular complexity index is 860. The molecule has 7 nitrogen and oxygen atoms in total. The van der Waals surface area contributed by atoms with Crippen LogP contribution in [0.1, 0.15) is 29.5 Å². The van der Waals surface area contributed by atoms with Crippen LogP contribution in [0.2, 0.25) is 0 Å². The monoisotopic (exact) mass is 351 g/mol. The Balaban J connectivity index is 1.40. The van der Waals surface area contributed by atoms with Crippen molar-refractivity contribution in [2.45, 2.75) is 25.8 Å². The maximum Gasteiger partial charge on any atom is 0.267 e. The fraction of sp³-hybridized carbons (Fsp3) is 0.368. The third-order valence-electron chi connectivity index (χ3n) is 4.63. The molecule has 0 spiro atoms. The minimum Gasteiger partial charge on any atom is -0.497 e. The van der Waals surface area contributed by atoms with Gasteiger partial charge in [-0.3, -0.25) is 9.88 Å². The third kappa shape index (κ3) is 3.57. The van der Waals surface area contributed by atoms with Crippen molar-refractivity contribution in [1.29, 1.82) is 0 Å². The van der Waals surface area contributed by atoms with E-state index in [0.29, 0.717) is 17.5 Å². The van der Waals surface area contributed by atoms with Gasteiger partial charge in [0.15, 0.2) is 0 Å². The lowest BCUT2D eigenvalue weighted by Crippen LogP contribution is -2.19. The van der Waals surface area contributed by atoms with Gasteiger partial charge < -0.3 is 9.15 Å². The van der Waals surface area contributed by atoms with Gasteiger partial charge in [0, 0.05) is 19.3 Å². The zero-order valence-electron chi connectivity index (χ0n) is 14.9. The quantitative estimate of drug-likeness (QED) is 0.699. The molecule has 134 valence electrons. The fourth-order valence-electron chi connectivity index (χ4n) is 3.17. The molecule has 1 saturated heterocycles. The number of likely N-dealkylation sites (tertiary alicyclic amines) is 1. The van der Waals surface area contributed by atoms with Crippen molar-refractivity contribution in [3.63, 3.8) is 0 Å². The van der Waals surface area contributed by atoms with E-state index in [1.165, 1.54) is 5.56 Å². The summed E-state index contributed by atoms with van der Waals surface area (Å²) in [6.45, 7) is 4.73. The summed E-state index contributed by atoms with van der Waals surface area (Å²) in [7, 11) is 1.68. The molecule has 0 saturated carbocycles. The molecule has 3 heterocycles. The molecule has 0 bridgehead atoms. The van der Waals surface area contributed by atoms with Crippen molar-refractivity contribution in [2.24, 2.45) is 0 Å². The third-order valence-corrected chi connectivity index (χ3v) is 4.63. The SMILES string of the molecule is COc1ccc(CN2CC[C@H](c3nnc(-c4cnc(C)cn4)o3)C2)cc1. The van der Waals surface area contributed by atoms with Crippen molar-refractivity contribution >= 4 is 0 Å². The van der Waals surface area contributed by atoms with Crippen LogP contribution in [0.15, 0.2) is 41.1 Å². The minimum atomic E-state index is 0.257. The highest BCUT2D eigenvalue weighted by Crippen LogP contribution is 2.29. The van der Waals surface area contributed by atoms with E-state index in [1.54, 1.807) is 19.5 Å². The molecule has 2 aromatic heterocycles. The largest absolute Gasteiger partial charge is 0.497 e. The second-order valence-electron chi connectivity index (χ2n) is 6.56. The van der Waals surface area contributed by atoms with Crippen LogP contribution in [0.4, 0.5) is 0 Å². The molecule has 26 heavy (non-hydrogen) atoms. The summed E-state index contributed by atoms with van der Waals surface area (Å²) in [6.07, 6.45) is 4.37. The van der Waals surface area contributed by atoms with Crippen LogP contribution >= 0.6 is 0 Å². The van der Waals surface area contributed by atoms with Gasteiger partial charge in [0.05, 0.1) is 24.9 Å². The van der Waals surface area contributed by atoms with Crippen LogP contribution in [-0.2, 0) is 6.54 Å². The molecule has 0 N–H and O–H groups in total. The maximum absolute atomic E-state index is 5.85. The van der Waals surface area contributed by atoms with Crippen molar-refractivity contribution in [3.8, 4) is 17.3 Å². The second kappa shape index (κ2) is 7.21. The van der Waals surface area contributed by atoms with Crippen LogP contribution in [-0.4, -0.2) is 45.3 Å². The van der Waals surface area contributed by atoms with E-state index >= 15 is 0 Å². The van der Waals surface area contributed by atoms with E-state index < -0.39 is 0 Å². The predicted octanol–water partition coefficient (Wildman–Crippen LogP) is 2.83. The molecule has 1 atom stereocenters. The molecule has 1 fully saturated rings. The van der Waals surface area contributed by atoms with Crippen molar-refractivity contribution in [2.75, 3.05) is 20.2 Å². The van der Waals surface area contributed by atoms with Gasteiger partial charge in [0.1, 0.15) is 11.4 Å². The standard InChI is InChI=1S/C19H21N5O2/c1-13-9-21-17(10-20-13)19-23-22-18(26-19)15-7-8-24(12-15)11-14-3-5-16(25-2)6-4-14/h3-6,9-10,15H,7-8,11-12H2,1-2H3/t15-/m0/s1. The summed E-state index contributed by atoms with van der Waals surface area (Å²) in [6, 6.07) is 8.20. The van der Waals surface area contributed by atoms with Crippen molar-refractivity contribution < 1.29 is 9.15 Å². The first-order chi connectivity index (χ1) is 12.7.